The van der Waals surface area contributed by atoms with Gasteiger partial charge in [-0.3, -0.25) is 19.3 Å². The zero-order valence-corrected chi connectivity index (χ0v) is 15.9. The van der Waals surface area contributed by atoms with E-state index in [-0.39, 0.29) is 18.5 Å². The molecule has 1 aromatic carbocycles. The molecule has 146 valence electrons. The highest BCUT2D eigenvalue weighted by atomic mass is 16.2. The summed E-state index contributed by atoms with van der Waals surface area (Å²) in [7, 11) is 0. The zero-order valence-electron chi connectivity index (χ0n) is 15.9. The van der Waals surface area contributed by atoms with E-state index in [0.29, 0.717) is 18.4 Å². The van der Waals surface area contributed by atoms with Crippen molar-refractivity contribution < 1.29 is 19.2 Å². The maximum atomic E-state index is 13.0. The first-order valence-corrected chi connectivity index (χ1v) is 9.06. The molecule has 1 atom stereocenters. The molecule has 1 saturated heterocycles. The second-order valence-electron chi connectivity index (χ2n) is 6.84. The molecule has 0 unspecified atom stereocenters. The Kier molecular flexibility index (Phi) is 6.55. The standard InChI is InChI=1S/C19H26N4O4/c1-4-10-19(14-8-6-5-7-9-14)17(26)23(18(27)22-19)12-16(25)20-11-15(24)21-13(2)3/h5-9,13H,4,10-12H2,1-3H3,(H,20,25)(H,21,24)(H,22,27)/t19-/m0/s1. The number of hydrogen-bond acceptors (Lipinski definition) is 4. The molecule has 1 heterocycles. The summed E-state index contributed by atoms with van der Waals surface area (Å²) in [5, 5.41) is 7.84. The van der Waals surface area contributed by atoms with E-state index in [1.54, 1.807) is 24.3 Å². The third-order valence-electron chi connectivity index (χ3n) is 4.26. The third-order valence-corrected chi connectivity index (χ3v) is 4.26. The monoisotopic (exact) mass is 374 g/mol. The highest BCUT2D eigenvalue weighted by molar-refractivity contribution is 6.09. The molecule has 27 heavy (non-hydrogen) atoms. The van der Waals surface area contributed by atoms with Crippen molar-refractivity contribution in [3.05, 3.63) is 35.9 Å². The Labute approximate surface area is 158 Å². The molecule has 0 bridgehead atoms. The normalized spacial score (nSPS) is 19.2. The Bertz CT molecular complexity index is 720. The molecule has 0 spiro atoms. The van der Waals surface area contributed by atoms with Crippen LogP contribution in [-0.4, -0.2) is 47.8 Å². The smallest absolute Gasteiger partial charge is 0.325 e. The summed E-state index contributed by atoms with van der Waals surface area (Å²) in [5.41, 5.74) is -0.480. The van der Waals surface area contributed by atoms with Crippen LogP contribution in [0.3, 0.4) is 0 Å². The number of rotatable bonds is 8. The van der Waals surface area contributed by atoms with Crippen LogP contribution >= 0.6 is 0 Å². The number of hydrogen-bond donors (Lipinski definition) is 3. The van der Waals surface area contributed by atoms with E-state index in [2.05, 4.69) is 16.0 Å². The molecular weight excluding hydrogens is 348 g/mol. The van der Waals surface area contributed by atoms with Gasteiger partial charge in [0.15, 0.2) is 0 Å². The molecule has 1 aliphatic rings. The number of benzene rings is 1. The van der Waals surface area contributed by atoms with Crippen molar-refractivity contribution in [2.45, 2.75) is 45.2 Å². The average Bonchev–Trinajstić information content (AvgIpc) is 2.86. The van der Waals surface area contributed by atoms with Gasteiger partial charge in [0.05, 0.1) is 6.54 Å². The van der Waals surface area contributed by atoms with Crippen LogP contribution in [-0.2, 0) is 19.9 Å². The predicted molar refractivity (Wildman–Crippen MR) is 99.6 cm³/mol. The number of amides is 5. The Morgan fingerprint density at radius 3 is 2.41 bits per heavy atom. The van der Waals surface area contributed by atoms with E-state index in [1.807, 2.05) is 26.8 Å². The minimum Gasteiger partial charge on any atom is -0.352 e. The van der Waals surface area contributed by atoms with Crippen LogP contribution in [0.2, 0.25) is 0 Å². The topological polar surface area (TPSA) is 108 Å². The maximum absolute atomic E-state index is 13.0. The van der Waals surface area contributed by atoms with Gasteiger partial charge >= 0.3 is 6.03 Å². The maximum Gasteiger partial charge on any atom is 0.325 e. The summed E-state index contributed by atoms with van der Waals surface area (Å²) in [6, 6.07) is 8.35. The van der Waals surface area contributed by atoms with Gasteiger partial charge in [-0.25, -0.2) is 4.79 Å². The summed E-state index contributed by atoms with van der Waals surface area (Å²) in [6.45, 7) is 4.90. The van der Waals surface area contributed by atoms with E-state index < -0.39 is 29.9 Å². The molecule has 0 saturated carbocycles. The number of urea groups is 1. The van der Waals surface area contributed by atoms with Crippen LogP contribution in [0, 0.1) is 0 Å². The molecule has 8 heteroatoms. The average molecular weight is 374 g/mol. The van der Waals surface area contributed by atoms with E-state index in [9.17, 15) is 19.2 Å². The lowest BCUT2D eigenvalue weighted by Gasteiger charge is -2.26. The van der Waals surface area contributed by atoms with Gasteiger partial charge in [0.2, 0.25) is 11.8 Å². The van der Waals surface area contributed by atoms with Gasteiger partial charge in [0.1, 0.15) is 12.1 Å². The lowest BCUT2D eigenvalue weighted by molar-refractivity contribution is -0.135. The van der Waals surface area contributed by atoms with Crippen molar-refractivity contribution in [2.24, 2.45) is 0 Å². The quantitative estimate of drug-likeness (QED) is 0.587. The molecule has 3 N–H and O–H groups in total. The summed E-state index contributed by atoms with van der Waals surface area (Å²) >= 11 is 0. The Hall–Kier alpha value is -2.90. The summed E-state index contributed by atoms with van der Waals surface area (Å²) in [4.78, 5) is 50.1. The molecule has 1 fully saturated rings. The van der Waals surface area contributed by atoms with Crippen molar-refractivity contribution in [2.75, 3.05) is 13.1 Å². The van der Waals surface area contributed by atoms with Crippen LogP contribution in [0.5, 0.6) is 0 Å². The van der Waals surface area contributed by atoms with Crippen molar-refractivity contribution in [3.8, 4) is 0 Å². The van der Waals surface area contributed by atoms with Crippen LogP contribution in [0.25, 0.3) is 0 Å². The van der Waals surface area contributed by atoms with Gasteiger partial charge in [-0.2, -0.15) is 0 Å². The van der Waals surface area contributed by atoms with Gasteiger partial charge in [-0.1, -0.05) is 43.7 Å². The van der Waals surface area contributed by atoms with Gasteiger partial charge in [-0.15, -0.1) is 0 Å². The van der Waals surface area contributed by atoms with E-state index in [4.69, 9.17) is 0 Å². The molecule has 1 aromatic rings. The van der Waals surface area contributed by atoms with E-state index in [1.165, 1.54) is 0 Å². The molecule has 5 amide bonds. The van der Waals surface area contributed by atoms with Gasteiger partial charge in [-0.05, 0) is 25.8 Å². The second kappa shape index (κ2) is 8.66. The van der Waals surface area contributed by atoms with Crippen LogP contribution in [0.15, 0.2) is 30.3 Å². The van der Waals surface area contributed by atoms with Crippen molar-refractivity contribution in [1.82, 2.24) is 20.9 Å². The van der Waals surface area contributed by atoms with Gasteiger partial charge in [0.25, 0.3) is 5.91 Å². The fourth-order valence-corrected chi connectivity index (χ4v) is 3.13. The number of imide groups is 1. The van der Waals surface area contributed by atoms with Crippen LogP contribution in [0.1, 0.15) is 39.2 Å². The first kappa shape index (κ1) is 20.4. The molecule has 0 aromatic heterocycles. The second-order valence-corrected chi connectivity index (χ2v) is 6.84. The molecular formula is C19H26N4O4. The Morgan fingerprint density at radius 2 is 1.81 bits per heavy atom. The van der Waals surface area contributed by atoms with Crippen molar-refractivity contribution in [1.29, 1.82) is 0 Å². The SMILES string of the molecule is CCC[C@@]1(c2ccccc2)NC(=O)N(CC(=O)NCC(=O)NC(C)C)C1=O. The minimum absolute atomic E-state index is 0.0409. The third kappa shape index (κ3) is 4.64. The molecule has 8 nitrogen and oxygen atoms in total. The predicted octanol–water partition coefficient (Wildman–Crippen LogP) is 0.875. The fourth-order valence-electron chi connectivity index (χ4n) is 3.13. The number of nitrogens with one attached hydrogen (secondary N) is 3. The fraction of sp³-hybridized carbons (Fsp3) is 0.474. The summed E-state index contributed by atoms with van der Waals surface area (Å²) < 4.78 is 0. The molecule has 2 rings (SSSR count). The number of carbonyl (C=O) groups is 4. The Balaban J connectivity index is 2.08. The van der Waals surface area contributed by atoms with Gasteiger partial charge in [0, 0.05) is 6.04 Å². The van der Waals surface area contributed by atoms with E-state index >= 15 is 0 Å². The highest BCUT2D eigenvalue weighted by Crippen LogP contribution is 2.33. The highest BCUT2D eigenvalue weighted by Gasteiger charge is 2.52. The first-order chi connectivity index (χ1) is 12.8. The first-order valence-electron chi connectivity index (χ1n) is 9.06. The number of nitrogens with zero attached hydrogens (tertiary/aromatic N) is 1. The van der Waals surface area contributed by atoms with Crippen LogP contribution in [0.4, 0.5) is 4.79 Å². The summed E-state index contributed by atoms with van der Waals surface area (Å²) in [6.07, 6.45) is 1.10. The number of carbonyl (C=O) groups excluding carboxylic acids is 4. The Morgan fingerprint density at radius 1 is 1.15 bits per heavy atom. The van der Waals surface area contributed by atoms with Crippen LogP contribution < -0.4 is 16.0 Å². The lowest BCUT2D eigenvalue weighted by Crippen LogP contribution is -2.46. The zero-order chi connectivity index (χ0) is 20.0. The molecule has 1 aliphatic heterocycles. The molecule has 0 radical (unpaired) electrons. The lowest BCUT2D eigenvalue weighted by atomic mass is 9.85. The van der Waals surface area contributed by atoms with Gasteiger partial charge < -0.3 is 16.0 Å². The summed E-state index contributed by atoms with van der Waals surface area (Å²) in [5.74, 6) is -1.36. The minimum atomic E-state index is -1.16. The largest absolute Gasteiger partial charge is 0.352 e. The van der Waals surface area contributed by atoms with E-state index in [0.717, 1.165) is 4.90 Å². The van der Waals surface area contributed by atoms with Crippen molar-refractivity contribution in [3.63, 3.8) is 0 Å². The molecule has 0 aliphatic carbocycles. The van der Waals surface area contributed by atoms with Crippen molar-refractivity contribution >= 4 is 23.8 Å².